The van der Waals surface area contributed by atoms with Crippen molar-refractivity contribution in [2.75, 3.05) is 0 Å². The van der Waals surface area contributed by atoms with Crippen LogP contribution >= 0.6 is 46.6 Å². The summed E-state index contributed by atoms with van der Waals surface area (Å²) in [6, 6.07) is 3.07. The maximum absolute atomic E-state index is 12.9. The summed E-state index contributed by atoms with van der Waals surface area (Å²) >= 11 is 7.93. The van der Waals surface area contributed by atoms with Gasteiger partial charge in [-0.05, 0) is 34.7 Å². The van der Waals surface area contributed by atoms with Gasteiger partial charge < -0.3 is 0 Å². The third kappa shape index (κ3) is 1.36. The van der Waals surface area contributed by atoms with Gasteiger partial charge in [-0.2, -0.15) is 0 Å². The van der Waals surface area contributed by atoms with Crippen molar-refractivity contribution in [3.63, 3.8) is 0 Å². The molecule has 2 rings (SSSR count). The standard InChI is InChI=1S/C8H4FIS2/c9-4-1-5(10)8-6(11)3-12-7(8)2-4/h1-3,11H. The second kappa shape index (κ2) is 3.16. The molecule has 0 spiro atoms. The maximum Gasteiger partial charge on any atom is 0.125 e. The van der Waals surface area contributed by atoms with Gasteiger partial charge in [-0.3, -0.25) is 0 Å². The molecule has 0 unspecified atom stereocenters. The molecule has 0 fully saturated rings. The van der Waals surface area contributed by atoms with Crippen LogP contribution in [0.1, 0.15) is 0 Å². The predicted molar refractivity (Wildman–Crippen MR) is 61.8 cm³/mol. The Labute approximate surface area is 92.3 Å². The molecule has 0 amide bonds. The number of fused-ring (bicyclic) bond motifs is 1. The van der Waals surface area contributed by atoms with E-state index in [-0.39, 0.29) is 5.82 Å². The SMILES string of the molecule is Fc1cc(I)c2c(S)csc2c1. The third-order valence-electron chi connectivity index (χ3n) is 1.57. The molecule has 0 aliphatic rings. The minimum atomic E-state index is -0.179. The van der Waals surface area contributed by atoms with Gasteiger partial charge in [0.25, 0.3) is 0 Å². The van der Waals surface area contributed by atoms with E-state index in [1.807, 2.05) is 5.38 Å². The Bertz CT molecular complexity index is 436. The lowest BCUT2D eigenvalue weighted by Gasteiger charge is -1.95. The molecular formula is C8H4FIS2. The molecule has 0 N–H and O–H groups in total. The van der Waals surface area contributed by atoms with Gasteiger partial charge in [-0.25, -0.2) is 4.39 Å². The van der Waals surface area contributed by atoms with Gasteiger partial charge in [0.05, 0.1) is 0 Å². The van der Waals surface area contributed by atoms with Crippen molar-refractivity contribution in [3.05, 3.63) is 26.9 Å². The van der Waals surface area contributed by atoms with Gasteiger partial charge >= 0.3 is 0 Å². The number of thiol groups is 1. The highest BCUT2D eigenvalue weighted by atomic mass is 127. The number of hydrogen-bond acceptors (Lipinski definition) is 2. The fraction of sp³-hybridized carbons (Fsp3) is 0. The van der Waals surface area contributed by atoms with Crippen molar-refractivity contribution < 1.29 is 4.39 Å². The predicted octanol–water partition coefficient (Wildman–Crippen LogP) is 3.93. The summed E-state index contributed by atoms with van der Waals surface area (Å²) in [6.07, 6.45) is 0. The van der Waals surface area contributed by atoms with Crippen LogP contribution in [0.2, 0.25) is 0 Å². The zero-order chi connectivity index (χ0) is 8.72. The molecule has 0 saturated heterocycles. The molecule has 12 heavy (non-hydrogen) atoms. The van der Waals surface area contributed by atoms with Crippen molar-refractivity contribution in [1.29, 1.82) is 0 Å². The molecule has 0 radical (unpaired) electrons. The first kappa shape index (κ1) is 8.77. The van der Waals surface area contributed by atoms with Crippen molar-refractivity contribution >= 4 is 56.6 Å². The minimum Gasteiger partial charge on any atom is -0.207 e. The van der Waals surface area contributed by atoms with E-state index in [9.17, 15) is 4.39 Å². The molecule has 1 aromatic heterocycles. The second-order valence-corrected chi connectivity index (χ2v) is 4.94. The zero-order valence-electron chi connectivity index (χ0n) is 5.84. The Morgan fingerprint density at radius 3 is 2.92 bits per heavy atom. The van der Waals surface area contributed by atoms with Gasteiger partial charge in [-0.15, -0.1) is 24.0 Å². The average molecular weight is 310 g/mol. The Morgan fingerprint density at radius 1 is 1.42 bits per heavy atom. The van der Waals surface area contributed by atoms with E-state index in [1.54, 1.807) is 6.07 Å². The van der Waals surface area contributed by atoms with E-state index >= 15 is 0 Å². The highest BCUT2D eigenvalue weighted by molar-refractivity contribution is 14.1. The van der Waals surface area contributed by atoms with Gasteiger partial charge in [0.1, 0.15) is 5.82 Å². The first-order valence-electron chi connectivity index (χ1n) is 3.23. The lowest BCUT2D eigenvalue weighted by molar-refractivity contribution is 0.629. The number of rotatable bonds is 0. The molecule has 1 heterocycles. The summed E-state index contributed by atoms with van der Waals surface area (Å²) in [5, 5.41) is 2.99. The summed E-state index contributed by atoms with van der Waals surface area (Å²) < 4.78 is 14.8. The smallest absolute Gasteiger partial charge is 0.125 e. The van der Waals surface area contributed by atoms with Crippen LogP contribution < -0.4 is 0 Å². The molecule has 0 aliphatic heterocycles. The number of hydrogen-bond donors (Lipinski definition) is 1. The molecular weight excluding hydrogens is 306 g/mol. The van der Waals surface area contributed by atoms with E-state index in [0.717, 1.165) is 18.6 Å². The summed E-state index contributed by atoms with van der Waals surface area (Å²) in [5.74, 6) is -0.179. The Balaban J connectivity index is 2.93. The van der Waals surface area contributed by atoms with Crippen LogP contribution in [0.5, 0.6) is 0 Å². The molecule has 0 nitrogen and oxygen atoms in total. The van der Waals surface area contributed by atoms with Gasteiger partial charge in [0.2, 0.25) is 0 Å². The van der Waals surface area contributed by atoms with Gasteiger partial charge in [0.15, 0.2) is 0 Å². The molecule has 0 saturated carbocycles. The normalized spacial score (nSPS) is 10.9. The highest BCUT2D eigenvalue weighted by Crippen LogP contribution is 2.32. The summed E-state index contributed by atoms with van der Waals surface area (Å²) in [7, 11) is 0. The van der Waals surface area contributed by atoms with Crippen LogP contribution in [0.4, 0.5) is 4.39 Å². The fourth-order valence-corrected chi connectivity index (χ4v) is 3.69. The lowest BCUT2D eigenvalue weighted by Crippen LogP contribution is -1.77. The van der Waals surface area contributed by atoms with Crippen molar-refractivity contribution in [1.82, 2.24) is 0 Å². The summed E-state index contributed by atoms with van der Waals surface area (Å²) in [6.45, 7) is 0. The quantitative estimate of drug-likeness (QED) is 0.553. The minimum absolute atomic E-state index is 0.179. The van der Waals surface area contributed by atoms with Crippen LogP contribution in [-0.4, -0.2) is 0 Å². The first-order chi connectivity index (χ1) is 5.68. The number of benzene rings is 1. The molecule has 2 aromatic rings. The van der Waals surface area contributed by atoms with Crippen LogP contribution in [0.15, 0.2) is 22.4 Å². The fourth-order valence-electron chi connectivity index (χ4n) is 1.07. The molecule has 62 valence electrons. The largest absolute Gasteiger partial charge is 0.207 e. The van der Waals surface area contributed by atoms with Crippen LogP contribution in [0.25, 0.3) is 10.1 Å². The van der Waals surface area contributed by atoms with Crippen molar-refractivity contribution in [3.8, 4) is 0 Å². The molecule has 0 aliphatic carbocycles. The zero-order valence-corrected chi connectivity index (χ0v) is 9.71. The topological polar surface area (TPSA) is 0 Å². The van der Waals surface area contributed by atoms with Crippen molar-refractivity contribution in [2.24, 2.45) is 0 Å². The Hall–Kier alpha value is 0.190. The van der Waals surface area contributed by atoms with Crippen LogP contribution in [-0.2, 0) is 0 Å². The molecule has 0 atom stereocenters. The first-order valence-corrected chi connectivity index (χ1v) is 5.64. The van der Waals surface area contributed by atoms with Crippen LogP contribution in [0.3, 0.4) is 0 Å². The maximum atomic E-state index is 12.9. The summed E-state index contributed by atoms with van der Waals surface area (Å²) in [4.78, 5) is 0.930. The average Bonchev–Trinajstić information content (AvgIpc) is 2.31. The third-order valence-corrected chi connectivity index (χ3v) is 3.88. The van der Waals surface area contributed by atoms with Gasteiger partial charge in [0, 0.05) is 23.9 Å². The Morgan fingerprint density at radius 2 is 2.17 bits per heavy atom. The number of thiophene rings is 1. The second-order valence-electron chi connectivity index (χ2n) is 2.38. The monoisotopic (exact) mass is 310 g/mol. The molecule has 1 aromatic carbocycles. The van der Waals surface area contributed by atoms with E-state index in [1.165, 1.54) is 17.4 Å². The highest BCUT2D eigenvalue weighted by Gasteiger charge is 2.06. The molecule has 4 heteroatoms. The van der Waals surface area contributed by atoms with E-state index in [2.05, 4.69) is 35.2 Å². The van der Waals surface area contributed by atoms with Crippen molar-refractivity contribution in [2.45, 2.75) is 4.90 Å². The van der Waals surface area contributed by atoms with E-state index in [0.29, 0.717) is 0 Å². The Kier molecular flexibility index (Phi) is 2.31. The van der Waals surface area contributed by atoms with E-state index in [4.69, 9.17) is 0 Å². The molecule has 0 bridgehead atoms. The summed E-state index contributed by atoms with van der Waals surface area (Å²) in [5.41, 5.74) is 0. The van der Waals surface area contributed by atoms with Gasteiger partial charge in [-0.1, -0.05) is 0 Å². The van der Waals surface area contributed by atoms with E-state index < -0.39 is 0 Å². The van der Waals surface area contributed by atoms with Crippen LogP contribution in [0, 0.1) is 9.39 Å². The lowest BCUT2D eigenvalue weighted by atomic mass is 10.2. The number of halogens is 2.